The second kappa shape index (κ2) is 5.99. The van der Waals surface area contributed by atoms with Gasteiger partial charge in [0.1, 0.15) is 0 Å². The zero-order chi connectivity index (χ0) is 11.3. The molecule has 0 aromatic heterocycles. The Labute approximate surface area is 97.2 Å². The standard InChI is InChI=1S/C12H19ClN2/c1-10(13)11-6-4-5-7-12(11)14-8-9-15(2)3/h4-7,10,14H,8-9H2,1-3H3. The van der Waals surface area contributed by atoms with Crippen molar-refractivity contribution in [2.45, 2.75) is 12.3 Å². The summed E-state index contributed by atoms with van der Waals surface area (Å²) in [7, 11) is 4.13. The predicted molar refractivity (Wildman–Crippen MR) is 67.8 cm³/mol. The lowest BCUT2D eigenvalue weighted by atomic mass is 10.1. The summed E-state index contributed by atoms with van der Waals surface area (Å²) in [5.74, 6) is 0. The van der Waals surface area contributed by atoms with E-state index in [0.29, 0.717) is 0 Å². The Morgan fingerprint density at radius 3 is 2.60 bits per heavy atom. The minimum atomic E-state index is 0.0491. The van der Waals surface area contributed by atoms with Gasteiger partial charge in [-0.2, -0.15) is 0 Å². The van der Waals surface area contributed by atoms with Crippen LogP contribution in [0.3, 0.4) is 0 Å². The minimum absolute atomic E-state index is 0.0491. The molecule has 0 aliphatic rings. The maximum atomic E-state index is 6.10. The van der Waals surface area contributed by atoms with Crippen molar-refractivity contribution < 1.29 is 0 Å². The Bertz CT molecular complexity index is 297. The fourth-order valence-electron chi connectivity index (χ4n) is 1.42. The zero-order valence-electron chi connectivity index (χ0n) is 9.63. The Kier molecular flexibility index (Phi) is 4.92. The number of nitrogens with one attached hydrogen (secondary N) is 1. The topological polar surface area (TPSA) is 15.3 Å². The van der Waals surface area contributed by atoms with Crippen LogP contribution in [-0.2, 0) is 0 Å². The van der Waals surface area contributed by atoms with E-state index in [-0.39, 0.29) is 5.38 Å². The number of para-hydroxylation sites is 1. The van der Waals surface area contributed by atoms with Crippen LogP contribution in [0.5, 0.6) is 0 Å². The quantitative estimate of drug-likeness (QED) is 0.777. The van der Waals surface area contributed by atoms with Crippen molar-refractivity contribution in [1.82, 2.24) is 4.90 Å². The molecule has 15 heavy (non-hydrogen) atoms. The summed E-state index contributed by atoms with van der Waals surface area (Å²) in [6.07, 6.45) is 0. The molecule has 1 aromatic carbocycles. The van der Waals surface area contributed by atoms with Crippen molar-refractivity contribution in [1.29, 1.82) is 0 Å². The van der Waals surface area contributed by atoms with Crippen LogP contribution in [-0.4, -0.2) is 32.1 Å². The van der Waals surface area contributed by atoms with Gasteiger partial charge in [-0.15, -0.1) is 11.6 Å². The first-order chi connectivity index (χ1) is 7.11. The van der Waals surface area contributed by atoms with Gasteiger partial charge >= 0.3 is 0 Å². The predicted octanol–water partition coefficient (Wildman–Crippen LogP) is 2.96. The van der Waals surface area contributed by atoms with Crippen LogP contribution in [0.25, 0.3) is 0 Å². The highest BCUT2D eigenvalue weighted by Gasteiger charge is 2.06. The van der Waals surface area contributed by atoms with E-state index in [0.717, 1.165) is 24.3 Å². The van der Waals surface area contributed by atoms with Crippen molar-refractivity contribution >= 4 is 17.3 Å². The first-order valence-electron chi connectivity index (χ1n) is 5.23. The molecule has 0 aliphatic carbocycles. The SMILES string of the molecule is CC(Cl)c1ccccc1NCCN(C)C. The van der Waals surface area contributed by atoms with Crippen LogP contribution < -0.4 is 5.32 Å². The van der Waals surface area contributed by atoms with Crippen molar-refractivity contribution in [3.63, 3.8) is 0 Å². The second-order valence-corrected chi connectivity index (χ2v) is 4.59. The molecule has 1 N–H and O–H groups in total. The Balaban J connectivity index is 2.59. The summed E-state index contributed by atoms with van der Waals surface area (Å²) >= 11 is 6.10. The largest absolute Gasteiger partial charge is 0.383 e. The monoisotopic (exact) mass is 226 g/mol. The third-order valence-electron chi connectivity index (χ3n) is 2.26. The molecular weight excluding hydrogens is 208 g/mol. The number of nitrogens with zero attached hydrogens (tertiary/aromatic N) is 1. The highest BCUT2D eigenvalue weighted by Crippen LogP contribution is 2.26. The van der Waals surface area contributed by atoms with Crippen LogP contribution >= 0.6 is 11.6 Å². The molecule has 1 unspecified atom stereocenters. The molecule has 1 atom stereocenters. The molecular formula is C12H19ClN2. The average molecular weight is 227 g/mol. The molecule has 2 nitrogen and oxygen atoms in total. The maximum absolute atomic E-state index is 6.10. The smallest absolute Gasteiger partial charge is 0.0577 e. The molecule has 0 radical (unpaired) electrons. The number of anilines is 1. The van der Waals surface area contributed by atoms with E-state index in [2.05, 4.69) is 36.4 Å². The molecule has 0 bridgehead atoms. The van der Waals surface area contributed by atoms with Gasteiger partial charge in [0, 0.05) is 18.8 Å². The summed E-state index contributed by atoms with van der Waals surface area (Å²) in [6, 6.07) is 8.19. The van der Waals surface area contributed by atoms with Gasteiger partial charge in [-0.1, -0.05) is 18.2 Å². The zero-order valence-corrected chi connectivity index (χ0v) is 10.4. The fraction of sp³-hybridized carbons (Fsp3) is 0.500. The number of rotatable bonds is 5. The third kappa shape index (κ3) is 4.10. The second-order valence-electron chi connectivity index (χ2n) is 3.93. The summed E-state index contributed by atoms with van der Waals surface area (Å²) in [5, 5.41) is 3.45. The van der Waals surface area contributed by atoms with Crippen molar-refractivity contribution in [2.75, 3.05) is 32.5 Å². The van der Waals surface area contributed by atoms with E-state index < -0.39 is 0 Å². The van der Waals surface area contributed by atoms with E-state index >= 15 is 0 Å². The van der Waals surface area contributed by atoms with Gasteiger partial charge in [-0.3, -0.25) is 0 Å². The van der Waals surface area contributed by atoms with Gasteiger partial charge in [0.2, 0.25) is 0 Å². The van der Waals surface area contributed by atoms with Crippen LogP contribution in [0.15, 0.2) is 24.3 Å². The van der Waals surface area contributed by atoms with Gasteiger partial charge in [-0.05, 0) is 32.6 Å². The lowest BCUT2D eigenvalue weighted by molar-refractivity contribution is 0.425. The highest BCUT2D eigenvalue weighted by molar-refractivity contribution is 6.21. The number of likely N-dealkylation sites (N-methyl/N-ethyl adjacent to an activating group) is 1. The first-order valence-corrected chi connectivity index (χ1v) is 5.66. The molecule has 0 saturated heterocycles. The normalized spacial score (nSPS) is 12.9. The number of alkyl halides is 1. The molecule has 0 spiro atoms. The van der Waals surface area contributed by atoms with Crippen molar-refractivity contribution in [3.8, 4) is 0 Å². The third-order valence-corrected chi connectivity index (χ3v) is 2.50. The van der Waals surface area contributed by atoms with E-state index in [1.54, 1.807) is 0 Å². The van der Waals surface area contributed by atoms with Crippen LogP contribution in [0.1, 0.15) is 17.9 Å². The van der Waals surface area contributed by atoms with Crippen molar-refractivity contribution in [3.05, 3.63) is 29.8 Å². The molecule has 0 aliphatic heterocycles. The van der Waals surface area contributed by atoms with E-state index in [1.165, 1.54) is 0 Å². The minimum Gasteiger partial charge on any atom is -0.383 e. The van der Waals surface area contributed by atoms with E-state index in [4.69, 9.17) is 11.6 Å². The Morgan fingerprint density at radius 1 is 1.33 bits per heavy atom. The van der Waals surface area contributed by atoms with Gasteiger partial charge in [0.15, 0.2) is 0 Å². The summed E-state index contributed by atoms with van der Waals surface area (Å²) < 4.78 is 0. The molecule has 0 saturated carbocycles. The molecule has 1 aromatic rings. The molecule has 3 heteroatoms. The van der Waals surface area contributed by atoms with Crippen LogP contribution in [0.2, 0.25) is 0 Å². The summed E-state index contributed by atoms with van der Waals surface area (Å²) in [6.45, 7) is 3.95. The van der Waals surface area contributed by atoms with Crippen LogP contribution in [0, 0.1) is 0 Å². The molecule has 1 rings (SSSR count). The van der Waals surface area contributed by atoms with Gasteiger partial charge in [0.25, 0.3) is 0 Å². The average Bonchev–Trinajstić information content (AvgIpc) is 2.17. The maximum Gasteiger partial charge on any atom is 0.0577 e. The Morgan fingerprint density at radius 2 is 2.00 bits per heavy atom. The molecule has 84 valence electrons. The summed E-state index contributed by atoms with van der Waals surface area (Å²) in [5.41, 5.74) is 2.31. The number of hydrogen-bond acceptors (Lipinski definition) is 2. The first kappa shape index (κ1) is 12.3. The lowest BCUT2D eigenvalue weighted by Crippen LogP contribution is -2.21. The van der Waals surface area contributed by atoms with E-state index in [1.807, 2.05) is 19.1 Å². The van der Waals surface area contributed by atoms with Gasteiger partial charge < -0.3 is 10.2 Å². The van der Waals surface area contributed by atoms with E-state index in [9.17, 15) is 0 Å². The molecule has 0 heterocycles. The van der Waals surface area contributed by atoms with Gasteiger partial charge in [-0.25, -0.2) is 0 Å². The number of hydrogen-bond donors (Lipinski definition) is 1. The van der Waals surface area contributed by atoms with Crippen LogP contribution in [0.4, 0.5) is 5.69 Å². The molecule has 0 fully saturated rings. The Hall–Kier alpha value is -0.730. The number of halogens is 1. The van der Waals surface area contributed by atoms with Gasteiger partial charge in [0.05, 0.1) is 5.38 Å². The van der Waals surface area contributed by atoms with Crippen molar-refractivity contribution in [2.24, 2.45) is 0 Å². The fourth-order valence-corrected chi connectivity index (χ4v) is 1.61. The summed E-state index contributed by atoms with van der Waals surface area (Å²) in [4.78, 5) is 2.15. The number of benzene rings is 1. The highest BCUT2D eigenvalue weighted by atomic mass is 35.5. The lowest BCUT2D eigenvalue weighted by Gasteiger charge is -2.15. The molecule has 0 amide bonds.